The van der Waals surface area contributed by atoms with Gasteiger partial charge in [0, 0.05) is 25.7 Å². The van der Waals surface area contributed by atoms with Crippen LogP contribution >= 0.6 is 0 Å². The second-order valence-corrected chi connectivity index (χ2v) is 7.20. The van der Waals surface area contributed by atoms with E-state index in [1.165, 1.54) is 26.0 Å². The van der Waals surface area contributed by atoms with Gasteiger partial charge in [0.05, 0.1) is 5.69 Å². The van der Waals surface area contributed by atoms with E-state index < -0.39 is 35.2 Å². The van der Waals surface area contributed by atoms with Crippen molar-refractivity contribution >= 4 is 29.4 Å². The standard InChI is InChI=1S/C18H21FN2O6/c1-17(2,3)27-16(24)21-13-7-6-10(8-12(13)19)20-9-11-14(22)25-18(4,5)26-15(11)23/h6-9,20H,1-5H3,(H,21,24). The van der Waals surface area contributed by atoms with Crippen LogP contribution in [0.1, 0.15) is 34.6 Å². The highest BCUT2D eigenvalue weighted by molar-refractivity contribution is 6.15. The Kier molecular flexibility index (Phi) is 5.43. The minimum Gasteiger partial charge on any atom is -0.444 e. The molecular formula is C18H21FN2O6. The molecular weight excluding hydrogens is 359 g/mol. The molecule has 0 aromatic heterocycles. The molecule has 1 aliphatic rings. The maximum Gasteiger partial charge on any atom is 0.412 e. The first-order valence-electron chi connectivity index (χ1n) is 8.09. The summed E-state index contributed by atoms with van der Waals surface area (Å²) >= 11 is 0. The summed E-state index contributed by atoms with van der Waals surface area (Å²) in [5.41, 5.74) is -0.919. The van der Waals surface area contributed by atoms with Crippen molar-refractivity contribution in [2.75, 3.05) is 10.6 Å². The lowest BCUT2D eigenvalue weighted by molar-refractivity contribution is -0.222. The smallest absolute Gasteiger partial charge is 0.412 e. The Morgan fingerprint density at radius 3 is 2.30 bits per heavy atom. The van der Waals surface area contributed by atoms with Crippen LogP contribution in [-0.4, -0.2) is 29.4 Å². The lowest BCUT2D eigenvalue weighted by atomic mass is 10.2. The van der Waals surface area contributed by atoms with Gasteiger partial charge in [-0.15, -0.1) is 0 Å². The molecule has 0 radical (unpaired) electrons. The number of cyclic esters (lactones) is 2. The van der Waals surface area contributed by atoms with Crippen LogP contribution in [0.15, 0.2) is 30.0 Å². The number of ether oxygens (including phenoxy) is 3. The van der Waals surface area contributed by atoms with Crippen LogP contribution in [0.5, 0.6) is 0 Å². The highest BCUT2D eigenvalue weighted by Gasteiger charge is 2.38. The summed E-state index contributed by atoms with van der Waals surface area (Å²) in [6.07, 6.45) is 0.273. The number of benzene rings is 1. The first kappa shape index (κ1) is 20.2. The van der Waals surface area contributed by atoms with Gasteiger partial charge in [0.15, 0.2) is 5.57 Å². The molecule has 2 N–H and O–H groups in total. The number of hydrogen-bond acceptors (Lipinski definition) is 7. The van der Waals surface area contributed by atoms with E-state index in [2.05, 4.69) is 10.6 Å². The fourth-order valence-electron chi connectivity index (χ4n) is 2.05. The Labute approximate surface area is 155 Å². The van der Waals surface area contributed by atoms with Gasteiger partial charge in [-0.25, -0.2) is 18.8 Å². The monoisotopic (exact) mass is 380 g/mol. The molecule has 1 aliphatic heterocycles. The molecule has 146 valence electrons. The lowest BCUT2D eigenvalue weighted by Crippen LogP contribution is -2.42. The predicted octanol–water partition coefficient (Wildman–Crippen LogP) is 3.30. The molecule has 0 atom stereocenters. The van der Waals surface area contributed by atoms with Crippen LogP contribution in [0.4, 0.5) is 20.6 Å². The van der Waals surface area contributed by atoms with E-state index in [-0.39, 0.29) is 16.9 Å². The van der Waals surface area contributed by atoms with Gasteiger partial charge in [-0.2, -0.15) is 0 Å². The summed E-state index contributed by atoms with van der Waals surface area (Å²) in [5, 5.41) is 4.91. The summed E-state index contributed by atoms with van der Waals surface area (Å²) < 4.78 is 29.1. The van der Waals surface area contributed by atoms with Gasteiger partial charge in [0.25, 0.3) is 5.79 Å². The van der Waals surface area contributed by atoms with E-state index in [1.807, 2.05) is 0 Å². The number of halogens is 1. The van der Waals surface area contributed by atoms with Crippen molar-refractivity contribution in [1.29, 1.82) is 0 Å². The molecule has 1 heterocycles. The molecule has 1 aromatic carbocycles. The summed E-state index contributed by atoms with van der Waals surface area (Å²) in [7, 11) is 0. The second kappa shape index (κ2) is 7.26. The summed E-state index contributed by atoms with van der Waals surface area (Å²) in [6.45, 7) is 7.92. The van der Waals surface area contributed by atoms with Crippen molar-refractivity contribution in [3.63, 3.8) is 0 Å². The number of carbonyl (C=O) groups is 3. The number of nitrogens with one attached hydrogen (secondary N) is 2. The van der Waals surface area contributed by atoms with Gasteiger partial charge >= 0.3 is 18.0 Å². The number of esters is 2. The number of anilines is 2. The van der Waals surface area contributed by atoms with E-state index in [9.17, 15) is 18.8 Å². The zero-order valence-corrected chi connectivity index (χ0v) is 15.6. The zero-order valence-electron chi connectivity index (χ0n) is 15.6. The number of carbonyl (C=O) groups excluding carboxylic acids is 3. The Hall–Kier alpha value is -3.10. The first-order chi connectivity index (χ1) is 12.4. The van der Waals surface area contributed by atoms with E-state index >= 15 is 0 Å². The van der Waals surface area contributed by atoms with Gasteiger partial charge in [0.1, 0.15) is 11.4 Å². The van der Waals surface area contributed by atoms with Crippen molar-refractivity contribution in [3.8, 4) is 0 Å². The van der Waals surface area contributed by atoms with Crippen molar-refractivity contribution in [1.82, 2.24) is 0 Å². The minimum atomic E-state index is -1.34. The molecule has 0 aliphatic carbocycles. The fourth-order valence-corrected chi connectivity index (χ4v) is 2.05. The molecule has 27 heavy (non-hydrogen) atoms. The Balaban J connectivity index is 2.07. The van der Waals surface area contributed by atoms with E-state index in [1.54, 1.807) is 20.8 Å². The fraction of sp³-hybridized carbons (Fsp3) is 0.389. The number of rotatable bonds is 3. The SMILES string of the molecule is CC(C)(C)OC(=O)Nc1ccc(NC=C2C(=O)OC(C)(C)OC2=O)cc1F. The normalized spacial score (nSPS) is 16.1. The highest BCUT2D eigenvalue weighted by Crippen LogP contribution is 2.24. The average molecular weight is 380 g/mol. The largest absolute Gasteiger partial charge is 0.444 e. The maximum absolute atomic E-state index is 14.1. The van der Waals surface area contributed by atoms with Gasteiger partial charge in [0.2, 0.25) is 0 Å². The van der Waals surface area contributed by atoms with Gasteiger partial charge in [-0.3, -0.25) is 5.32 Å². The molecule has 1 saturated heterocycles. The van der Waals surface area contributed by atoms with Gasteiger partial charge < -0.3 is 19.5 Å². The van der Waals surface area contributed by atoms with E-state index in [0.29, 0.717) is 0 Å². The molecule has 0 spiro atoms. The lowest BCUT2D eigenvalue weighted by Gasteiger charge is -2.29. The predicted molar refractivity (Wildman–Crippen MR) is 94.2 cm³/mol. The summed E-state index contributed by atoms with van der Waals surface area (Å²) in [6, 6.07) is 3.82. The zero-order chi connectivity index (χ0) is 20.4. The van der Waals surface area contributed by atoms with Gasteiger partial charge in [-0.05, 0) is 39.0 Å². The third-order valence-electron chi connectivity index (χ3n) is 3.10. The van der Waals surface area contributed by atoms with Crippen LogP contribution in [0.2, 0.25) is 0 Å². The molecule has 1 amide bonds. The van der Waals surface area contributed by atoms with Crippen LogP contribution < -0.4 is 10.6 Å². The molecule has 0 saturated carbocycles. The van der Waals surface area contributed by atoms with Crippen molar-refractivity contribution < 1.29 is 33.0 Å². The second-order valence-electron chi connectivity index (χ2n) is 7.20. The Morgan fingerprint density at radius 1 is 1.19 bits per heavy atom. The van der Waals surface area contributed by atoms with Crippen molar-refractivity contribution in [3.05, 3.63) is 35.8 Å². The quantitative estimate of drug-likeness (QED) is 0.471. The number of hydrogen-bond donors (Lipinski definition) is 2. The van der Waals surface area contributed by atoms with E-state index in [4.69, 9.17) is 14.2 Å². The highest BCUT2D eigenvalue weighted by atomic mass is 19.1. The summed E-state index contributed by atoms with van der Waals surface area (Å²) in [4.78, 5) is 35.4. The molecule has 0 bridgehead atoms. The molecule has 8 nitrogen and oxygen atoms in total. The van der Waals surface area contributed by atoms with Gasteiger partial charge in [-0.1, -0.05) is 0 Å². The average Bonchev–Trinajstić information content (AvgIpc) is 2.46. The molecule has 1 aromatic rings. The Bertz CT molecular complexity index is 789. The van der Waals surface area contributed by atoms with Crippen LogP contribution in [0.3, 0.4) is 0 Å². The van der Waals surface area contributed by atoms with Crippen molar-refractivity contribution in [2.45, 2.75) is 46.0 Å². The molecule has 0 unspecified atom stereocenters. The molecule has 1 fully saturated rings. The first-order valence-corrected chi connectivity index (χ1v) is 8.09. The van der Waals surface area contributed by atoms with Crippen molar-refractivity contribution in [2.24, 2.45) is 0 Å². The number of amides is 1. The molecule has 9 heteroatoms. The van der Waals surface area contributed by atoms with E-state index in [0.717, 1.165) is 12.3 Å². The molecule has 2 rings (SSSR count). The third-order valence-corrected chi connectivity index (χ3v) is 3.10. The van der Waals surface area contributed by atoms with Crippen LogP contribution in [0, 0.1) is 5.82 Å². The topological polar surface area (TPSA) is 103 Å². The van der Waals surface area contributed by atoms with Crippen LogP contribution in [-0.2, 0) is 23.8 Å². The Morgan fingerprint density at radius 2 is 1.78 bits per heavy atom. The minimum absolute atomic E-state index is 0.0827. The van der Waals surface area contributed by atoms with Crippen LogP contribution in [0.25, 0.3) is 0 Å². The summed E-state index contributed by atoms with van der Waals surface area (Å²) in [5.74, 6) is -3.79. The third kappa shape index (κ3) is 5.70. The maximum atomic E-state index is 14.1.